The number of hydrogen-bond acceptors (Lipinski definition) is 2. The Labute approximate surface area is 260 Å². The van der Waals surface area contributed by atoms with Crippen LogP contribution in [0.3, 0.4) is 0 Å². The van der Waals surface area contributed by atoms with Crippen molar-refractivity contribution in [3.63, 3.8) is 0 Å². The highest BCUT2D eigenvalue weighted by atomic mass is 32.2. The Bertz CT molecular complexity index is 1930. The van der Waals surface area contributed by atoms with Gasteiger partial charge in [0.2, 0.25) is 0 Å². The maximum Gasteiger partial charge on any atom is 0.133 e. The lowest BCUT2D eigenvalue weighted by molar-refractivity contribution is 0.709. The minimum absolute atomic E-state index is 0.00483. The summed E-state index contributed by atoms with van der Waals surface area (Å²) >= 11 is 1.36. The zero-order valence-corrected chi connectivity index (χ0v) is 28.0. The molecule has 4 aromatic rings. The topological polar surface area (TPSA) is 76.1 Å². The first-order chi connectivity index (χ1) is 20.9. The fourth-order valence-corrected chi connectivity index (χ4v) is 7.82. The fraction of sp³-hybridized carbons (Fsp3) is 0.432. The summed E-state index contributed by atoms with van der Waals surface area (Å²) in [7, 11) is 0. The Morgan fingerprint density at radius 3 is 1.81 bits per heavy atom. The number of nitrogens with zero attached hydrogens (tertiary/aromatic N) is 2. The van der Waals surface area contributed by atoms with E-state index in [-0.39, 0.29) is 5.25 Å². The molecule has 0 spiro atoms. The molecule has 8 bridgehead atoms. The Kier molecular flexibility index (Phi) is 9.32. The van der Waals surface area contributed by atoms with Crippen LogP contribution in [0.1, 0.15) is 114 Å². The van der Waals surface area contributed by atoms with Crippen LogP contribution in [-0.4, -0.2) is 24.8 Å². The van der Waals surface area contributed by atoms with Crippen molar-refractivity contribution in [3.8, 4) is 5.40 Å². The third-order valence-corrected chi connectivity index (χ3v) is 9.98. The third-order valence-electron chi connectivity index (χ3n) is 9.28. The second kappa shape index (κ2) is 13.0. The predicted octanol–water partition coefficient (Wildman–Crippen LogP) is 6.12. The number of thiocyanates is 1. The molecule has 1 aliphatic rings. The number of aromatic nitrogens is 4. The molecular formula is C37H47N5S. The van der Waals surface area contributed by atoms with Crippen LogP contribution in [0.4, 0.5) is 0 Å². The van der Waals surface area contributed by atoms with Gasteiger partial charge < -0.3 is 19.5 Å². The molecule has 1 aliphatic heterocycles. The summed E-state index contributed by atoms with van der Waals surface area (Å²) < 4.78 is 2.57. The number of aryl methyl sites for hydroxylation is 1. The van der Waals surface area contributed by atoms with E-state index in [2.05, 4.69) is 111 Å². The lowest BCUT2D eigenvalue weighted by atomic mass is 9.98. The minimum atomic E-state index is -0.00483. The molecule has 0 aliphatic carbocycles. The van der Waals surface area contributed by atoms with E-state index >= 15 is 0 Å². The van der Waals surface area contributed by atoms with Crippen molar-refractivity contribution >= 4 is 34.1 Å². The van der Waals surface area contributed by atoms with Crippen molar-refractivity contribution in [3.05, 3.63) is 91.2 Å². The average molecular weight is 594 g/mol. The second-order valence-electron chi connectivity index (χ2n) is 11.4. The van der Waals surface area contributed by atoms with Gasteiger partial charge in [-0.2, -0.15) is 5.26 Å². The van der Waals surface area contributed by atoms with Gasteiger partial charge in [0.25, 0.3) is 0 Å². The quantitative estimate of drug-likeness (QED) is 0.205. The molecule has 5 heterocycles. The molecule has 0 fully saturated rings. The molecule has 1 unspecified atom stereocenters. The van der Waals surface area contributed by atoms with E-state index in [1.54, 1.807) is 0 Å². The van der Waals surface area contributed by atoms with Gasteiger partial charge in [-0.3, -0.25) is 0 Å². The number of aromatic amines is 3. The van der Waals surface area contributed by atoms with Gasteiger partial charge in [-0.15, -0.1) is 0 Å². The number of nitriles is 1. The molecule has 43 heavy (non-hydrogen) atoms. The third kappa shape index (κ3) is 5.16. The van der Waals surface area contributed by atoms with Gasteiger partial charge in [0, 0.05) is 56.2 Å². The van der Waals surface area contributed by atoms with E-state index in [4.69, 9.17) is 0 Å². The largest absolute Gasteiger partial charge is 0.355 e. The Hall–Kier alpha value is -3.56. The molecule has 3 N–H and O–H groups in total. The highest BCUT2D eigenvalue weighted by Crippen LogP contribution is 2.31. The zero-order valence-electron chi connectivity index (χ0n) is 27.2. The summed E-state index contributed by atoms with van der Waals surface area (Å²) in [6, 6.07) is 11.4. The Balaban J connectivity index is 2.13. The summed E-state index contributed by atoms with van der Waals surface area (Å²) in [6.45, 7) is 18.9. The number of thioether (sulfide) groups is 1. The summed E-state index contributed by atoms with van der Waals surface area (Å²) in [5, 5.41) is 17.3. The Morgan fingerprint density at radius 2 is 1.28 bits per heavy atom. The van der Waals surface area contributed by atoms with Crippen LogP contribution < -0.4 is 21.4 Å². The van der Waals surface area contributed by atoms with E-state index in [0.717, 1.165) is 61.5 Å². The first-order valence-corrected chi connectivity index (χ1v) is 17.1. The van der Waals surface area contributed by atoms with Crippen LogP contribution in [0.2, 0.25) is 0 Å². The summed E-state index contributed by atoms with van der Waals surface area (Å²) in [4.78, 5) is 11.6. The van der Waals surface area contributed by atoms with E-state index in [0.29, 0.717) is 0 Å². The number of nitrogens with one attached hydrogen (secondary N) is 3. The van der Waals surface area contributed by atoms with Crippen molar-refractivity contribution in [2.75, 3.05) is 0 Å². The van der Waals surface area contributed by atoms with E-state index in [9.17, 15) is 5.26 Å². The first-order valence-electron chi connectivity index (χ1n) is 16.3. The van der Waals surface area contributed by atoms with Gasteiger partial charge >= 0.3 is 0 Å². The first kappa shape index (κ1) is 30.9. The predicted molar refractivity (Wildman–Crippen MR) is 183 cm³/mol. The van der Waals surface area contributed by atoms with Crippen molar-refractivity contribution in [1.82, 2.24) is 19.5 Å². The van der Waals surface area contributed by atoms with Crippen LogP contribution in [0.15, 0.2) is 30.3 Å². The maximum atomic E-state index is 9.91. The van der Waals surface area contributed by atoms with E-state index in [1.165, 1.54) is 78.5 Å². The number of rotatable bonds is 9. The second-order valence-corrected chi connectivity index (χ2v) is 12.5. The smallest absolute Gasteiger partial charge is 0.133 e. The minimum Gasteiger partial charge on any atom is -0.355 e. The molecule has 6 heteroatoms. The maximum absolute atomic E-state index is 9.91. The van der Waals surface area contributed by atoms with Crippen LogP contribution in [-0.2, 0) is 25.8 Å². The molecule has 0 aromatic carbocycles. The van der Waals surface area contributed by atoms with Gasteiger partial charge in [0.1, 0.15) is 5.40 Å². The van der Waals surface area contributed by atoms with E-state index < -0.39 is 0 Å². The van der Waals surface area contributed by atoms with Crippen LogP contribution in [0, 0.1) is 10.7 Å². The molecule has 0 saturated carbocycles. The van der Waals surface area contributed by atoms with Crippen molar-refractivity contribution < 1.29 is 0 Å². The molecule has 1 atom stereocenters. The number of H-pyrrole nitrogens is 3. The number of fused-ring (bicyclic) bond motifs is 8. The van der Waals surface area contributed by atoms with Gasteiger partial charge in [-0.1, -0.05) is 41.5 Å². The monoisotopic (exact) mass is 593 g/mol. The molecule has 226 valence electrons. The molecule has 0 amide bonds. The summed E-state index contributed by atoms with van der Waals surface area (Å²) in [5.41, 5.74) is 14.0. The van der Waals surface area contributed by atoms with Gasteiger partial charge in [-0.05, 0) is 128 Å². The van der Waals surface area contributed by atoms with Crippen molar-refractivity contribution in [1.29, 1.82) is 5.26 Å². The summed E-state index contributed by atoms with van der Waals surface area (Å²) in [6.07, 6.45) is 5.58. The fourth-order valence-electron chi connectivity index (χ4n) is 7.32. The number of hydrogen-bond donors (Lipinski definition) is 3. The molecule has 0 radical (unpaired) electrons. The van der Waals surface area contributed by atoms with Gasteiger partial charge in [0.05, 0.1) is 5.35 Å². The lowest BCUT2D eigenvalue weighted by Crippen LogP contribution is -2.33. The molecule has 5 rings (SSSR count). The SMILES string of the molecule is CCC1=c2ccc([nH]2)=C(CC)c2cc(CC)c([nH]2)C(C(C)SC#N)=c2c(CC)c(CC)c(n2CC)=C(CC)c2ccc1[nH]2. The molecule has 4 aromatic heterocycles. The highest BCUT2D eigenvalue weighted by molar-refractivity contribution is 8.04. The van der Waals surface area contributed by atoms with Gasteiger partial charge in [0.15, 0.2) is 0 Å². The average Bonchev–Trinajstić information content (AvgIpc) is 3.81. The lowest BCUT2D eigenvalue weighted by Gasteiger charge is -2.16. The van der Waals surface area contributed by atoms with Crippen LogP contribution >= 0.6 is 11.8 Å². The highest BCUT2D eigenvalue weighted by Gasteiger charge is 2.25. The molecular weight excluding hydrogens is 547 g/mol. The summed E-state index contributed by atoms with van der Waals surface area (Å²) in [5.74, 6) is 0. The molecule has 0 saturated heterocycles. The van der Waals surface area contributed by atoms with E-state index in [1.807, 2.05) is 0 Å². The van der Waals surface area contributed by atoms with Crippen LogP contribution in [0.5, 0.6) is 0 Å². The van der Waals surface area contributed by atoms with Crippen molar-refractivity contribution in [2.24, 2.45) is 0 Å². The zero-order chi connectivity index (χ0) is 30.8. The van der Waals surface area contributed by atoms with Crippen LogP contribution in [0.25, 0.3) is 22.3 Å². The Morgan fingerprint density at radius 1 is 0.698 bits per heavy atom. The van der Waals surface area contributed by atoms with Gasteiger partial charge in [-0.25, -0.2) is 0 Å². The standard InChI is InChI=1S/C37H47N5S/c1-9-23-20-33-27(13-5)31-17-16-29(39-31)26(12-4)30-18-19-32(40-30)28(14-6)36-24(10-2)25(11-3)37(42(36)15-7)34(35(23)41-33)22(8)43-21-38/h16-20,22,39-41H,9-15H2,1-8H3. The molecule has 5 nitrogen and oxygen atoms in total. The van der Waals surface area contributed by atoms with Crippen molar-refractivity contribution in [2.45, 2.75) is 106 Å². The normalized spacial score (nSPS) is 14.0.